The van der Waals surface area contributed by atoms with Gasteiger partial charge in [-0.1, -0.05) is 0 Å². The van der Waals surface area contributed by atoms with Crippen molar-refractivity contribution in [3.05, 3.63) is 28.8 Å². The van der Waals surface area contributed by atoms with E-state index in [0.717, 1.165) is 11.3 Å². The van der Waals surface area contributed by atoms with Gasteiger partial charge in [-0.25, -0.2) is 9.59 Å². The van der Waals surface area contributed by atoms with Crippen LogP contribution >= 0.6 is 11.3 Å². The van der Waals surface area contributed by atoms with Crippen LogP contribution in [0.4, 0.5) is 5.00 Å². The molecule has 0 unspecified atom stereocenters. The van der Waals surface area contributed by atoms with E-state index in [1.165, 1.54) is 22.3 Å². The highest BCUT2D eigenvalue weighted by Gasteiger charge is 2.29. The Labute approximate surface area is 148 Å². The number of aryl methyl sites for hydroxylation is 1. The van der Waals surface area contributed by atoms with E-state index in [0.29, 0.717) is 0 Å². The summed E-state index contributed by atoms with van der Waals surface area (Å²) in [5.74, 6) is -1.55. The maximum Gasteiger partial charge on any atom is 0.342 e. The molecule has 0 saturated carbocycles. The molecule has 0 amide bonds. The number of carbonyl (C=O) groups excluding carboxylic acids is 2. The first kappa shape index (κ1) is 18.9. The molecule has 0 fully saturated rings. The molecule has 2 aromatic rings. The van der Waals surface area contributed by atoms with E-state index in [2.05, 4.69) is 9.82 Å². The lowest BCUT2D eigenvalue weighted by atomic mass is 10.2. The maximum atomic E-state index is 12.4. The third-order valence-corrected chi connectivity index (χ3v) is 5.22. The number of rotatable bonds is 7. The molecule has 0 spiro atoms. The van der Waals surface area contributed by atoms with Crippen LogP contribution in [0.5, 0.6) is 0 Å². The number of thiophene rings is 1. The molecular weight excluding hydrogens is 370 g/mol. The average molecular weight is 387 g/mol. The lowest BCUT2D eigenvalue weighted by Crippen LogP contribution is -2.18. The second-order valence-corrected chi connectivity index (χ2v) is 7.24. The predicted molar refractivity (Wildman–Crippen MR) is 90.2 cm³/mol. The van der Waals surface area contributed by atoms with Crippen molar-refractivity contribution in [2.75, 3.05) is 17.9 Å². The van der Waals surface area contributed by atoms with Crippen LogP contribution in [0, 0.1) is 0 Å². The Morgan fingerprint density at radius 2 is 1.88 bits per heavy atom. The Hall–Kier alpha value is -2.40. The van der Waals surface area contributed by atoms with Crippen LogP contribution in [0.25, 0.3) is 0 Å². The summed E-state index contributed by atoms with van der Waals surface area (Å²) >= 11 is 0.886. The fourth-order valence-electron chi connectivity index (χ4n) is 1.91. The molecule has 0 aliphatic rings. The van der Waals surface area contributed by atoms with Crippen LogP contribution in [0.15, 0.2) is 22.7 Å². The minimum Gasteiger partial charge on any atom is -0.462 e. The number of hydrogen-bond acceptors (Lipinski definition) is 8. The van der Waals surface area contributed by atoms with Crippen molar-refractivity contribution in [2.24, 2.45) is 7.05 Å². The van der Waals surface area contributed by atoms with Gasteiger partial charge in [0.1, 0.15) is 10.6 Å². The second kappa shape index (κ2) is 7.66. The Balaban J connectivity index is 2.43. The number of hydrogen-bond donors (Lipinski definition) is 1. The van der Waals surface area contributed by atoms with Gasteiger partial charge in [-0.2, -0.15) is 13.5 Å². The van der Waals surface area contributed by atoms with Gasteiger partial charge in [-0.05, 0) is 19.9 Å². The fraction of sp³-hybridized carbons (Fsp3) is 0.357. The molecule has 1 N–H and O–H groups in total. The molecular formula is C14H17N3O6S2. The van der Waals surface area contributed by atoms with Gasteiger partial charge in [0.25, 0.3) is 10.0 Å². The summed E-state index contributed by atoms with van der Waals surface area (Å²) in [5, 5.41) is 4.92. The van der Waals surface area contributed by atoms with Crippen molar-refractivity contribution in [3.8, 4) is 0 Å². The standard InChI is InChI=1S/C14H17N3O6S2/c1-4-22-13(18)9-8-24-12(11(9)14(19)23-5-2)16-25(20,21)10-6-7-17(3)15-10/h6-8,16H,4-5H2,1-3H3. The van der Waals surface area contributed by atoms with E-state index in [-0.39, 0.29) is 34.4 Å². The van der Waals surface area contributed by atoms with E-state index < -0.39 is 22.0 Å². The topological polar surface area (TPSA) is 117 Å². The SMILES string of the molecule is CCOC(=O)c1csc(NS(=O)(=O)c2ccn(C)n2)c1C(=O)OCC. The van der Waals surface area contributed by atoms with Crippen molar-refractivity contribution in [1.29, 1.82) is 0 Å². The minimum absolute atomic E-state index is 0.0350. The molecule has 2 heterocycles. The molecule has 2 rings (SSSR count). The number of anilines is 1. The number of esters is 2. The lowest BCUT2D eigenvalue weighted by Gasteiger charge is -2.08. The highest BCUT2D eigenvalue weighted by Crippen LogP contribution is 2.31. The molecule has 9 nitrogen and oxygen atoms in total. The lowest BCUT2D eigenvalue weighted by molar-refractivity contribution is 0.0481. The zero-order valence-corrected chi connectivity index (χ0v) is 15.4. The summed E-state index contributed by atoms with van der Waals surface area (Å²) in [5.41, 5.74) is -0.228. The Bertz CT molecular complexity index is 884. The smallest absolute Gasteiger partial charge is 0.342 e. The second-order valence-electron chi connectivity index (χ2n) is 4.73. The van der Waals surface area contributed by atoms with E-state index in [1.807, 2.05) is 0 Å². The van der Waals surface area contributed by atoms with Crippen molar-refractivity contribution < 1.29 is 27.5 Å². The summed E-state index contributed by atoms with van der Waals surface area (Å²) in [7, 11) is -2.44. The summed E-state index contributed by atoms with van der Waals surface area (Å²) in [6.45, 7) is 3.42. The third kappa shape index (κ3) is 4.17. The first-order chi connectivity index (χ1) is 11.8. The van der Waals surface area contributed by atoms with Crippen molar-refractivity contribution in [2.45, 2.75) is 18.9 Å². The Morgan fingerprint density at radius 1 is 1.24 bits per heavy atom. The van der Waals surface area contributed by atoms with Gasteiger partial charge in [-0.3, -0.25) is 9.40 Å². The molecule has 2 aromatic heterocycles. The van der Waals surface area contributed by atoms with Gasteiger partial charge in [0.15, 0.2) is 5.03 Å². The maximum absolute atomic E-state index is 12.4. The zero-order chi connectivity index (χ0) is 18.6. The molecule has 0 aliphatic heterocycles. The van der Waals surface area contributed by atoms with Crippen LogP contribution < -0.4 is 4.72 Å². The first-order valence-electron chi connectivity index (χ1n) is 7.28. The summed E-state index contributed by atoms with van der Waals surface area (Å²) < 4.78 is 38.2. The molecule has 25 heavy (non-hydrogen) atoms. The molecule has 136 valence electrons. The van der Waals surface area contributed by atoms with Gasteiger partial charge in [0, 0.05) is 18.6 Å². The van der Waals surface area contributed by atoms with E-state index in [1.54, 1.807) is 20.9 Å². The van der Waals surface area contributed by atoms with Gasteiger partial charge in [0.05, 0.1) is 18.8 Å². The van der Waals surface area contributed by atoms with Crippen molar-refractivity contribution in [1.82, 2.24) is 9.78 Å². The van der Waals surface area contributed by atoms with Gasteiger partial charge >= 0.3 is 11.9 Å². The van der Waals surface area contributed by atoms with Gasteiger partial charge in [0.2, 0.25) is 0 Å². The number of ether oxygens (including phenoxy) is 2. The summed E-state index contributed by atoms with van der Waals surface area (Å²) in [4.78, 5) is 24.2. The molecule has 11 heteroatoms. The monoisotopic (exact) mass is 387 g/mol. The molecule has 0 atom stereocenters. The molecule has 0 aliphatic carbocycles. The molecule has 0 radical (unpaired) electrons. The highest BCUT2D eigenvalue weighted by atomic mass is 32.2. The molecule has 0 aromatic carbocycles. The van der Waals surface area contributed by atoms with Crippen molar-refractivity contribution >= 4 is 38.3 Å². The highest BCUT2D eigenvalue weighted by molar-refractivity contribution is 7.92. The average Bonchev–Trinajstić information content (AvgIpc) is 3.14. The minimum atomic E-state index is -4.02. The third-order valence-electron chi connectivity index (χ3n) is 2.96. The van der Waals surface area contributed by atoms with Crippen LogP contribution in [0.3, 0.4) is 0 Å². The van der Waals surface area contributed by atoms with Crippen LogP contribution in [-0.2, 0) is 26.5 Å². The summed E-state index contributed by atoms with van der Waals surface area (Å²) in [6.07, 6.45) is 1.47. The molecule has 0 bridgehead atoms. The first-order valence-corrected chi connectivity index (χ1v) is 9.64. The fourth-order valence-corrected chi connectivity index (χ4v) is 4.12. The molecule has 0 saturated heterocycles. The zero-order valence-electron chi connectivity index (χ0n) is 13.8. The van der Waals surface area contributed by atoms with Crippen molar-refractivity contribution in [3.63, 3.8) is 0 Å². The van der Waals surface area contributed by atoms with Crippen LogP contribution in [0.1, 0.15) is 34.6 Å². The van der Waals surface area contributed by atoms with E-state index in [4.69, 9.17) is 9.47 Å². The van der Waals surface area contributed by atoms with Crippen LogP contribution in [-0.4, -0.2) is 43.4 Å². The largest absolute Gasteiger partial charge is 0.462 e. The van der Waals surface area contributed by atoms with Gasteiger partial charge in [-0.15, -0.1) is 11.3 Å². The number of carbonyl (C=O) groups is 2. The van der Waals surface area contributed by atoms with E-state index in [9.17, 15) is 18.0 Å². The Morgan fingerprint density at radius 3 is 2.44 bits per heavy atom. The number of nitrogens with zero attached hydrogens (tertiary/aromatic N) is 2. The normalized spacial score (nSPS) is 11.2. The quantitative estimate of drug-likeness (QED) is 0.718. The summed E-state index contributed by atoms with van der Waals surface area (Å²) in [6, 6.07) is 1.31. The number of aromatic nitrogens is 2. The van der Waals surface area contributed by atoms with E-state index >= 15 is 0 Å². The predicted octanol–water partition coefficient (Wildman–Crippen LogP) is 1.64. The number of nitrogens with one attached hydrogen (secondary N) is 1. The van der Waals surface area contributed by atoms with Gasteiger partial charge < -0.3 is 9.47 Å². The Kier molecular flexibility index (Phi) is 5.80. The number of sulfonamides is 1. The van der Waals surface area contributed by atoms with Crippen LogP contribution in [0.2, 0.25) is 0 Å².